The fraction of sp³-hybridized carbons (Fsp3) is 0.467. The number of para-hydroxylation sites is 1. The molecule has 0 aliphatic heterocycles. The molecule has 0 radical (unpaired) electrons. The van der Waals surface area contributed by atoms with Gasteiger partial charge in [-0.25, -0.2) is 0 Å². The molecule has 0 saturated carbocycles. The number of hydrogen-bond acceptors (Lipinski definition) is 4. The van der Waals surface area contributed by atoms with E-state index < -0.39 is 11.7 Å². The molecule has 0 aromatic heterocycles. The molecule has 1 aromatic rings. The molecule has 0 bridgehead atoms. The van der Waals surface area contributed by atoms with Crippen molar-refractivity contribution in [2.75, 3.05) is 13.6 Å². The Morgan fingerprint density at radius 2 is 2.10 bits per heavy atom. The molecule has 5 nitrogen and oxygen atoms in total. The van der Waals surface area contributed by atoms with Gasteiger partial charge in [-0.15, -0.1) is 0 Å². The van der Waals surface area contributed by atoms with Gasteiger partial charge in [-0.2, -0.15) is 5.26 Å². The molecule has 1 atom stereocenters. The lowest BCUT2D eigenvalue weighted by molar-refractivity contribution is -0.139. The zero-order valence-corrected chi connectivity index (χ0v) is 12.3. The Morgan fingerprint density at radius 1 is 1.50 bits per heavy atom. The third-order valence-corrected chi connectivity index (χ3v) is 2.66. The van der Waals surface area contributed by atoms with Gasteiger partial charge in [0.25, 0.3) is 5.91 Å². The average molecular weight is 276 g/mol. The van der Waals surface area contributed by atoms with Crippen LogP contribution >= 0.6 is 0 Å². The smallest absolute Gasteiger partial charge is 0.263 e. The molecule has 0 fully saturated rings. The number of carbonyl (C=O) groups excluding carboxylic acids is 1. The third-order valence-electron chi connectivity index (χ3n) is 2.66. The molecular formula is C15H20N2O3. The predicted octanol–water partition coefficient (Wildman–Crippen LogP) is 1.55. The van der Waals surface area contributed by atoms with Gasteiger partial charge in [0.05, 0.1) is 11.2 Å². The molecule has 1 aromatic carbocycles. The van der Waals surface area contributed by atoms with E-state index in [0.29, 0.717) is 11.3 Å². The Bertz CT molecular complexity index is 515. The summed E-state index contributed by atoms with van der Waals surface area (Å²) in [4.78, 5) is 13.5. The Labute approximate surface area is 119 Å². The van der Waals surface area contributed by atoms with E-state index in [-0.39, 0.29) is 12.5 Å². The molecule has 0 aliphatic rings. The maximum Gasteiger partial charge on any atom is 0.263 e. The topological polar surface area (TPSA) is 73.6 Å². The molecule has 1 N–H and O–H groups in total. The first-order chi connectivity index (χ1) is 9.24. The normalized spacial score (nSPS) is 12.4. The Morgan fingerprint density at radius 3 is 2.65 bits per heavy atom. The van der Waals surface area contributed by atoms with Crippen LogP contribution in [0.3, 0.4) is 0 Å². The Kier molecular flexibility index (Phi) is 5.12. The van der Waals surface area contributed by atoms with Gasteiger partial charge < -0.3 is 14.7 Å². The lowest BCUT2D eigenvalue weighted by Gasteiger charge is -2.28. The maximum atomic E-state index is 12.1. The quantitative estimate of drug-likeness (QED) is 0.885. The van der Waals surface area contributed by atoms with Crippen LogP contribution in [0.4, 0.5) is 0 Å². The van der Waals surface area contributed by atoms with Crippen LogP contribution in [0.5, 0.6) is 5.75 Å². The van der Waals surface area contributed by atoms with Gasteiger partial charge in [0.1, 0.15) is 11.8 Å². The second-order valence-electron chi connectivity index (χ2n) is 5.37. The number of rotatable bonds is 5. The first-order valence-electron chi connectivity index (χ1n) is 6.38. The van der Waals surface area contributed by atoms with Gasteiger partial charge in [0.15, 0.2) is 6.10 Å². The van der Waals surface area contributed by atoms with E-state index in [4.69, 9.17) is 10.00 Å². The zero-order chi connectivity index (χ0) is 15.3. The van der Waals surface area contributed by atoms with Crippen molar-refractivity contribution in [3.8, 4) is 11.8 Å². The zero-order valence-electron chi connectivity index (χ0n) is 12.3. The minimum Gasteiger partial charge on any atom is -0.480 e. The molecule has 1 rings (SSSR count). The van der Waals surface area contributed by atoms with E-state index in [1.807, 2.05) is 6.07 Å². The van der Waals surface area contributed by atoms with Gasteiger partial charge in [0.2, 0.25) is 0 Å². The fourth-order valence-corrected chi connectivity index (χ4v) is 1.87. The summed E-state index contributed by atoms with van der Waals surface area (Å²) >= 11 is 0. The van der Waals surface area contributed by atoms with Crippen LogP contribution < -0.4 is 4.74 Å². The van der Waals surface area contributed by atoms with Crippen molar-refractivity contribution in [2.24, 2.45) is 0 Å². The first kappa shape index (κ1) is 16.0. The predicted molar refractivity (Wildman–Crippen MR) is 75.2 cm³/mol. The van der Waals surface area contributed by atoms with Crippen molar-refractivity contribution in [1.29, 1.82) is 5.26 Å². The minimum atomic E-state index is -0.964. The molecule has 108 valence electrons. The second-order valence-corrected chi connectivity index (χ2v) is 5.37. The molecule has 20 heavy (non-hydrogen) atoms. The number of likely N-dealkylation sites (N-methyl/N-ethyl adjacent to an activating group) is 1. The molecule has 5 heteroatoms. The SMILES string of the molecule is CC(Oc1ccccc1C#N)C(=O)N(C)CC(C)(C)O. The standard InChI is InChI=1S/C15H20N2O3/c1-11(14(18)17(4)10-15(2,3)19)20-13-8-6-5-7-12(13)9-16/h5-8,11,19H,10H2,1-4H3. The van der Waals surface area contributed by atoms with Crippen LogP contribution in [-0.4, -0.2) is 41.2 Å². The van der Waals surface area contributed by atoms with Crippen LogP contribution in [0, 0.1) is 11.3 Å². The molecule has 1 unspecified atom stereocenters. The summed E-state index contributed by atoms with van der Waals surface area (Å²) < 4.78 is 5.54. The molecule has 0 saturated heterocycles. The van der Waals surface area contributed by atoms with Gasteiger partial charge >= 0.3 is 0 Å². The highest BCUT2D eigenvalue weighted by Gasteiger charge is 2.24. The minimum absolute atomic E-state index is 0.208. The summed E-state index contributed by atoms with van der Waals surface area (Å²) in [6, 6.07) is 8.78. The van der Waals surface area contributed by atoms with Crippen LogP contribution in [0.25, 0.3) is 0 Å². The lowest BCUT2D eigenvalue weighted by Crippen LogP contribution is -2.44. The number of benzene rings is 1. The molecular weight excluding hydrogens is 256 g/mol. The van der Waals surface area contributed by atoms with E-state index in [2.05, 4.69) is 0 Å². The Balaban J connectivity index is 2.74. The summed E-state index contributed by atoms with van der Waals surface area (Å²) in [7, 11) is 1.61. The second kappa shape index (κ2) is 6.40. The number of hydrogen-bond donors (Lipinski definition) is 1. The first-order valence-corrected chi connectivity index (χ1v) is 6.38. The maximum absolute atomic E-state index is 12.1. The van der Waals surface area contributed by atoms with Gasteiger partial charge in [0, 0.05) is 13.6 Å². The van der Waals surface area contributed by atoms with Crippen LogP contribution in [0.2, 0.25) is 0 Å². The number of aliphatic hydroxyl groups is 1. The summed E-state index contributed by atoms with van der Waals surface area (Å²) in [5, 5.41) is 18.7. The number of nitriles is 1. The highest BCUT2D eigenvalue weighted by Crippen LogP contribution is 2.18. The largest absolute Gasteiger partial charge is 0.480 e. The van der Waals surface area contributed by atoms with Crippen LogP contribution in [-0.2, 0) is 4.79 Å². The van der Waals surface area contributed by atoms with E-state index in [1.54, 1.807) is 52.1 Å². The highest BCUT2D eigenvalue weighted by atomic mass is 16.5. The molecule has 0 heterocycles. The van der Waals surface area contributed by atoms with Crippen molar-refractivity contribution in [1.82, 2.24) is 4.90 Å². The van der Waals surface area contributed by atoms with E-state index in [1.165, 1.54) is 4.90 Å². The summed E-state index contributed by atoms with van der Waals surface area (Å²) in [6.07, 6.45) is -0.725. The number of nitrogens with zero attached hydrogens (tertiary/aromatic N) is 2. The third kappa shape index (κ3) is 4.56. The van der Waals surface area contributed by atoms with Gasteiger partial charge in [-0.1, -0.05) is 12.1 Å². The van der Waals surface area contributed by atoms with Crippen LogP contribution in [0.1, 0.15) is 26.3 Å². The summed E-state index contributed by atoms with van der Waals surface area (Å²) in [5.74, 6) is 0.132. The lowest BCUT2D eigenvalue weighted by atomic mass is 10.1. The summed E-state index contributed by atoms with van der Waals surface area (Å²) in [6.45, 7) is 5.09. The van der Waals surface area contributed by atoms with E-state index >= 15 is 0 Å². The fourth-order valence-electron chi connectivity index (χ4n) is 1.87. The van der Waals surface area contributed by atoms with E-state index in [0.717, 1.165) is 0 Å². The van der Waals surface area contributed by atoms with Crippen LogP contribution in [0.15, 0.2) is 24.3 Å². The van der Waals surface area contributed by atoms with Crippen molar-refractivity contribution >= 4 is 5.91 Å². The van der Waals surface area contributed by atoms with E-state index in [9.17, 15) is 9.90 Å². The number of amides is 1. The average Bonchev–Trinajstić information content (AvgIpc) is 2.36. The molecule has 0 spiro atoms. The van der Waals surface area contributed by atoms with Gasteiger partial charge in [-0.05, 0) is 32.9 Å². The van der Waals surface area contributed by atoms with Crippen molar-refractivity contribution in [2.45, 2.75) is 32.5 Å². The monoisotopic (exact) mass is 276 g/mol. The highest BCUT2D eigenvalue weighted by molar-refractivity contribution is 5.80. The number of carbonyl (C=O) groups is 1. The van der Waals surface area contributed by atoms with Crippen molar-refractivity contribution < 1.29 is 14.6 Å². The Hall–Kier alpha value is -2.06. The summed E-state index contributed by atoms with van der Waals surface area (Å²) in [5.41, 5.74) is -0.577. The van der Waals surface area contributed by atoms with Crippen molar-refractivity contribution in [3.05, 3.63) is 29.8 Å². The number of ether oxygens (including phenoxy) is 1. The molecule has 1 amide bonds. The van der Waals surface area contributed by atoms with Gasteiger partial charge in [-0.3, -0.25) is 4.79 Å². The van der Waals surface area contributed by atoms with Crippen molar-refractivity contribution in [3.63, 3.8) is 0 Å². The molecule has 0 aliphatic carbocycles.